The number of nitrogen functional groups attached to an aromatic ring is 1. The zero-order valence-corrected chi connectivity index (χ0v) is 28.2. The van der Waals surface area contributed by atoms with Crippen molar-refractivity contribution in [2.24, 2.45) is 0 Å². The Balaban J connectivity index is 0.000000248. The molecule has 2 aromatic heterocycles. The van der Waals surface area contributed by atoms with Gasteiger partial charge >= 0.3 is 0 Å². The molecule has 3 aromatic carbocycles. The molecule has 12 nitrogen and oxygen atoms in total. The second-order valence-electron chi connectivity index (χ2n) is 9.05. The van der Waals surface area contributed by atoms with Gasteiger partial charge in [0.05, 0.1) is 66.4 Å². The maximum Gasteiger partial charge on any atom is 0.261 e. The highest BCUT2D eigenvalue weighted by Crippen LogP contribution is 2.35. The van der Waals surface area contributed by atoms with Crippen LogP contribution in [0.15, 0.2) is 107 Å². The summed E-state index contributed by atoms with van der Waals surface area (Å²) in [5.41, 5.74) is 6.57. The van der Waals surface area contributed by atoms with Crippen LogP contribution in [-0.4, -0.2) is 39.7 Å². The third-order valence-corrected chi connectivity index (χ3v) is 8.23. The number of nitrogens with zero attached hydrogens (tertiary/aromatic N) is 2. The molecule has 246 valence electrons. The molecular formula is C31H28Cl2N4O8S2. The molecule has 0 atom stereocenters. The molecule has 0 bridgehead atoms. The van der Waals surface area contributed by atoms with Gasteiger partial charge in [-0.1, -0.05) is 23.2 Å². The van der Waals surface area contributed by atoms with E-state index in [4.69, 9.17) is 52.2 Å². The van der Waals surface area contributed by atoms with E-state index >= 15 is 0 Å². The van der Waals surface area contributed by atoms with E-state index in [0.717, 1.165) is 12.0 Å². The van der Waals surface area contributed by atoms with E-state index in [-0.39, 0.29) is 4.90 Å². The van der Waals surface area contributed by atoms with Gasteiger partial charge < -0.3 is 24.7 Å². The quantitative estimate of drug-likeness (QED) is 0.0555. The molecule has 0 amide bonds. The largest absolute Gasteiger partial charge is 0.493 e. The molecule has 0 spiro atoms. The fourth-order valence-electron chi connectivity index (χ4n) is 3.70. The van der Waals surface area contributed by atoms with E-state index in [9.17, 15) is 8.42 Å². The maximum atomic E-state index is 12.7. The van der Waals surface area contributed by atoms with E-state index in [1.807, 2.05) is 0 Å². The van der Waals surface area contributed by atoms with Gasteiger partial charge in [-0.25, -0.2) is 13.3 Å². The van der Waals surface area contributed by atoms with Crippen molar-refractivity contribution >= 4 is 56.6 Å². The molecule has 2 heterocycles. The molecule has 0 fully saturated rings. The van der Waals surface area contributed by atoms with Gasteiger partial charge in [0.25, 0.3) is 10.0 Å². The molecule has 0 unspecified atom stereocenters. The minimum Gasteiger partial charge on any atom is -0.493 e. The standard InChI is InChI=1S/C19H17ClN2O6S2.C12H11ClN2O2/c1-25-19-10-14(3-8-18(19)27-15-9-13(20)11-21-12-15)22-30(23,24)17-6-4-16(5-7-17)29-28-26-2;1-16-12-5-9(14)2-3-11(12)17-10-4-8(13)6-15-7-10/h3-12,22H,1-2H3;2-7H,14H2,1H3. The van der Waals surface area contributed by atoms with Crippen molar-refractivity contribution in [2.75, 3.05) is 31.8 Å². The van der Waals surface area contributed by atoms with Crippen molar-refractivity contribution in [1.29, 1.82) is 0 Å². The Morgan fingerprint density at radius 3 is 1.79 bits per heavy atom. The Bertz CT molecular complexity index is 1900. The summed E-state index contributed by atoms with van der Waals surface area (Å²) in [4.78, 5) is 13.2. The third kappa shape index (κ3) is 10.5. The number of anilines is 2. The first-order valence-corrected chi connectivity index (χ1v) is 16.3. The molecule has 5 rings (SSSR count). The second-order valence-corrected chi connectivity index (χ2v) is 12.4. The van der Waals surface area contributed by atoms with Crippen LogP contribution >= 0.6 is 35.2 Å². The van der Waals surface area contributed by atoms with Crippen molar-refractivity contribution in [3.05, 3.63) is 108 Å². The highest BCUT2D eigenvalue weighted by molar-refractivity contribution is 7.94. The average molecular weight is 720 g/mol. The fourth-order valence-corrected chi connectivity index (χ4v) is 5.47. The van der Waals surface area contributed by atoms with Gasteiger partial charge in [0.2, 0.25) is 0 Å². The van der Waals surface area contributed by atoms with Gasteiger partial charge in [0, 0.05) is 47.2 Å². The Labute approximate surface area is 285 Å². The molecule has 16 heteroatoms. The molecule has 0 aliphatic carbocycles. The Morgan fingerprint density at radius 2 is 1.26 bits per heavy atom. The number of rotatable bonds is 12. The van der Waals surface area contributed by atoms with E-state index in [2.05, 4.69) is 19.6 Å². The summed E-state index contributed by atoms with van der Waals surface area (Å²) in [7, 11) is 0.580. The van der Waals surface area contributed by atoms with Crippen LogP contribution < -0.4 is 29.4 Å². The summed E-state index contributed by atoms with van der Waals surface area (Å²) in [6.07, 6.45) is 6.09. The lowest BCUT2D eigenvalue weighted by atomic mass is 10.3. The van der Waals surface area contributed by atoms with Gasteiger partial charge in [-0.05, 0) is 48.5 Å². The van der Waals surface area contributed by atoms with E-state index in [1.54, 1.807) is 67.9 Å². The van der Waals surface area contributed by atoms with Crippen LogP contribution in [0.3, 0.4) is 0 Å². The highest BCUT2D eigenvalue weighted by Gasteiger charge is 2.16. The van der Waals surface area contributed by atoms with Crippen LogP contribution in [0.2, 0.25) is 10.0 Å². The van der Waals surface area contributed by atoms with E-state index < -0.39 is 10.0 Å². The topological polar surface area (TPSA) is 153 Å². The van der Waals surface area contributed by atoms with Gasteiger partial charge in [-0.15, -0.1) is 0 Å². The number of nitrogens with one attached hydrogen (secondary N) is 1. The van der Waals surface area contributed by atoms with Gasteiger partial charge in [0.1, 0.15) is 11.5 Å². The number of pyridine rings is 2. The second kappa shape index (κ2) is 16.9. The number of nitrogens with two attached hydrogens (primary N) is 1. The summed E-state index contributed by atoms with van der Waals surface area (Å²) in [5.74, 6) is 2.79. The zero-order valence-electron chi connectivity index (χ0n) is 25.0. The number of aromatic nitrogens is 2. The molecule has 47 heavy (non-hydrogen) atoms. The van der Waals surface area contributed by atoms with Crippen LogP contribution in [0.4, 0.5) is 11.4 Å². The highest BCUT2D eigenvalue weighted by atomic mass is 35.5. The van der Waals surface area contributed by atoms with Crippen LogP contribution in [0.1, 0.15) is 0 Å². The number of sulfonamides is 1. The fraction of sp³-hybridized carbons (Fsp3) is 0.0968. The van der Waals surface area contributed by atoms with Gasteiger partial charge in [-0.2, -0.15) is 4.33 Å². The smallest absolute Gasteiger partial charge is 0.261 e. The minimum atomic E-state index is -3.81. The first-order chi connectivity index (χ1) is 22.6. The van der Waals surface area contributed by atoms with Crippen molar-refractivity contribution in [2.45, 2.75) is 9.79 Å². The molecule has 3 N–H and O–H groups in total. The first-order valence-electron chi connectivity index (χ1n) is 13.3. The maximum absolute atomic E-state index is 12.7. The molecular weight excluding hydrogens is 691 g/mol. The first kappa shape index (κ1) is 35.4. The van der Waals surface area contributed by atoms with Crippen LogP contribution in [-0.2, 0) is 19.2 Å². The van der Waals surface area contributed by atoms with Crippen molar-refractivity contribution in [1.82, 2.24) is 9.97 Å². The number of benzene rings is 3. The molecule has 5 aromatic rings. The number of halogens is 2. The summed E-state index contributed by atoms with van der Waals surface area (Å²) < 4.78 is 54.4. The van der Waals surface area contributed by atoms with Crippen LogP contribution in [0, 0.1) is 0 Å². The van der Waals surface area contributed by atoms with E-state index in [0.29, 0.717) is 60.8 Å². The Kier molecular flexibility index (Phi) is 12.8. The van der Waals surface area contributed by atoms with Gasteiger partial charge in [-0.3, -0.25) is 14.7 Å². The Hall–Kier alpha value is -4.44. The molecule has 0 radical (unpaired) electrons. The lowest BCUT2D eigenvalue weighted by Crippen LogP contribution is -2.13. The molecule has 0 aliphatic heterocycles. The molecule has 0 saturated carbocycles. The predicted molar refractivity (Wildman–Crippen MR) is 180 cm³/mol. The summed E-state index contributed by atoms with van der Waals surface area (Å²) in [6, 6.07) is 19.2. The Morgan fingerprint density at radius 1 is 0.702 bits per heavy atom. The SMILES string of the molecule is COOSc1ccc(S(=O)(=O)Nc2ccc(Oc3cncc(Cl)c3)c(OC)c2)cc1.COc1cc(N)ccc1Oc1cncc(Cl)c1. The lowest BCUT2D eigenvalue weighted by Gasteiger charge is -2.13. The summed E-state index contributed by atoms with van der Waals surface area (Å²) >= 11 is 12.7. The van der Waals surface area contributed by atoms with Crippen LogP contribution in [0.25, 0.3) is 0 Å². The summed E-state index contributed by atoms with van der Waals surface area (Å²) in [6.45, 7) is 0. The average Bonchev–Trinajstić information content (AvgIpc) is 3.05. The normalized spacial score (nSPS) is 10.7. The predicted octanol–water partition coefficient (Wildman–Crippen LogP) is 8.04. The zero-order chi connectivity index (χ0) is 33.8. The molecule has 0 aliphatic rings. The lowest BCUT2D eigenvalue weighted by molar-refractivity contribution is -0.160. The molecule has 0 saturated heterocycles. The number of ether oxygens (including phenoxy) is 4. The number of methoxy groups -OCH3 is 2. The summed E-state index contributed by atoms with van der Waals surface area (Å²) in [5, 5.41) is 0.936. The van der Waals surface area contributed by atoms with Crippen LogP contribution in [0.5, 0.6) is 34.5 Å². The van der Waals surface area contributed by atoms with Gasteiger partial charge in [0.15, 0.2) is 23.0 Å². The monoisotopic (exact) mass is 718 g/mol. The van der Waals surface area contributed by atoms with E-state index in [1.165, 1.54) is 51.0 Å². The third-order valence-electron chi connectivity index (χ3n) is 5.75. The minimum absolute atomic E-state index is 0.0913. The van der Waals surface area contributed by atoms with Crippen molar-refractivity contribution < 1.29 is 36.6 Å². The van der Waals surface area contributed by atoms with Crippen molar-refractivity contribution in [3.63, 3.8) is 0 Å². The number of hydrogen-bond acceptors (Lipinski definition) is 12. The van der Waals surface area contributed by atoms with Crippen molar-refractivity contribution in [3.8, 4) is 34.5 Å². The number of hydrogen-bond donors (Lipinski definition) is 2.